The molecule has 0 aromatic heterocycles. The number of nitrogens with two attached hydrogens (primary N) is 1. The van der Waals surface area contributed by atoms with Crippen LogP contribution in [0.25, 0.3) is 0 Å². The highest BCUT2D eigenvalue weighted by Crippen LogP contribution is 2.25. The zero-order chi connectivity index (χ0) is 14.4. The molecule has 1 amide bonds. The average Bonchev–Trinajstić information content (AvgIpc) is 2.38. The Kier molecular flexibility index (Phi) is 6.67. The molecule has 0 radical (unpaired) electrons. The lowest BCUT2D eigenvalue weighted by Gasteiger charge is -2.45. The Balaban J connectivity index is 2.92. The first kappa shape index (κ1) is 16.3. The predicted molar refractivity (Wildman–Crippen MR) is 68.8 cm³/mol. The minimum Gasteiger partial charge on any atom is -0.382 e. The SMILES string of the molecule is COCC1OC(CN)C(NC(C)=O)C(OC)C1OC. The van der Waals surface area contributed by atoms with E-state index in [9.17, 15) is 4.79 Å². The number of hydrogen-bond acceptors (Lipinski definition) is 6. The van der Waals surface area contributed by atoms with Crippen molar-refractivity contribution in [2.45, 2.75) is 37.4 Å². The van der Waals surface area contributed by atoms with E-state index in [2.05, 4.69) is 5.32 Å². The first-order valence-electron chi connectivity index (χ1n) is 6.26. The van der Waals surface area contributed by atoms with Crippen LogP contribution in [0.4, 0.5) is 0 Å². The third-order valence-electron chi connectivity index (χ3n) is 3.27. The molecule has 1 aliphatic heterocycles. The van der Waals surface area contributed by atoms with E-state index in [0.29, 0.717) is 6.61 Å². The number of amides is 1. The third kappa shape index (κ3) is 3.87. The Morgan fingerprint density at radius 2 is 1.84 bits per heavy atom. The molecule has 112 valence electrons. The van der Waals surface area contributed by atoms with E-state index >= 15 is 0 Å². The molecule has 19 heavy (non-hydrogen) atoms. The molecule has 5 unspecified atom stereocenters. The molecule has 3 N–H and O–H groups in total. The van der Waals surface area contributed by atoms with Crippen LogP contribution in [0.5, 0.6) is 0 Å². The molecule has 0 spiro atoms. The molecule has 0 aromatic carbocycles. The van der Waals surface area contributed by atoms with Gasteiger partial charge in [-0.2, -0.15) is 0 Å². The lowest BCUT2D eigenvalue weighted by atomic mass is 9.92. The first-order valence-corrected chi connectivity index (χ1v) is 6.26. The molecular weight excluding hydrogens is 252 g/mol. The molecule has 0 aliphatic carbocycles. The summed E-state index contributed by atoms with van der Waals surface area (Å²) in [6, 6.07) is -0.342. The van der Waals surface area contributed by atoms with Crippen molar-refractivity contribution in [2.24, 2.45) is 5.73 Å². The number of hydrogen-bond donors (Lipinski definition) is 2. The molecule has 7 nitrogen and oxygen atoms in total. The second-order valence-corrected chi connectivity index (χ2v) is 4.53. The van der Waals surface area contributed by atoms with Crippen LogP contribution < -0.4 is 11.1 Å². The van der Waals surface area contributed by atoms with Crippen LogP contribution in [0, 0.1) is 0 Å². The lowest BCUT2D eigenvalue weighted by molar-refractivity contribution is -0.209. The van der Waals surface area contributed by atoms with Gasteiger partial charge >= 0.3 is 0 Å². The summed E-state index contributed by atoms with van der Waals surface area (Å²) in [7, 11) is 4.75. The molecule has 0 aromatic rings. The fourth-order valence-corrected chi connectivity index (χ4v) is 2.49. The molecular formula is C12H24N2O5. The van der Waals surface area contributed by atoms with Crippen molar-refractivity contribution in [1.82, 2.24) is 5.32 Å². The lowest BCUT2D eigenvalue weighted by Crippen LogP contribution is -2.66. The molecule has 1 heterocycles. The number of ether oxygens (including phenoxy) is 4. The summed E-state index contributed by atoms with van der Waals surface area (Å²) in [6.07, 6.45) is -1.28. The summed E-state index contributed by atoms with van der Waals surface area (Å²) >= 11 is 0. The Morgan fingerprint density at radius 1 is 1.21 bits per heavy atom. The topological polar surface area (TPSA) is 92.0 Å². The van der Waals surface area contributed by atoms with Gasteiger partial charge in [0.25, 0.3) is 0 Å². The first-order chi connectivity index (χ1) is 9.08. The van der Waals surface area contributed by atoms with Crippen LogP contribution in [-0.4, -0.2) is 70.8 Å². The summed E-state index contributed by atoms with van der Waals surface area (Å²) in [5.74, 6) is -0.158. The van der Waals surface area contributed by atoms with Crippen LogP contribution in [0.2, 0.25) is 0 Å². The van der Waals surface area contributed by atoms with Gasteiger partial charge in [0.15, 0.2) is 0 Å². The summed E-state index contributed by atoms with van der Waals surface area (Å²) in [5, 5.41) is 2.82. The van der Waals surface area contributed by atoms with Gasteiger partial charge in [-0.25, -0.2) is 0 Å². The van der Waals surface area contributed by atoms with Crippen molar-refractivity contribution < 1.29 is 23.7 Å². The van der Waals surface area contributed by atoms with Gasteiger partial charge in [0.1, 0.15) is 18.3 Å². The molecule has 0 bridgehead atoms. The van der Waals surface area contributed by atoms with Gasteiger partial charge in [-0.15, -0.1) is 0 Å². The van der Waals surface area contributed by atoms with E-state index < -0.39 is 0 Å². The van der Waals surface area contributed by atoms with Gasteiger partial charge < -0.3 is 30.0 Å². The Labute approximate surface area is 113 Å². The van der Waals surface area contributed by atoms with Crippen LogP contribution in [0.1, 0.15) is 6.92 Å². The second kappa shape index (κ2) is 7.76. The minimum atomic E-state index is -0.342. The maximum atomic E-state index is 11.3. The molecule has 5 atom stereocenters. The smallest absolute Gasteiger partial charge is 0.217 e. The highest BCUT2D eigenvalue weighted by molar-refractivity contribution is 5.73. The normalized spacial score (nSPS) is 35.1. The molecule has 1 rings (SSSR count). The highest BCUT2D eigenvalue weighted by atomic mass is 16.6. The standard InChI is InChI=1S/C12H24N2O5/c1-7(15)14-10-8(5-13)19-9(6-16-2)11(17-3)12(10)18-4/h8-12H,5-6,13H2,1-4H3,(H,14,15). The van der Waals surface area contributed by atoms with Gasteiger partial charge in [-0.05, 0) is 0 Å². The molecule has 0 saturated carbocycles. The Hall–Kier alpha value is -0.730. The number of carbonyl (C=O) groups excluding carboxylic acids is 1. The van der Waals surface area contributed by atoms with Crippen molar-refractivity contribution in [3.63, 3.8) is 0 Å². The summed E-state index contributed by atoms with van der Waals surface area (Å²) in [5.41, 5.74) is 5.72. The van der Waals surface area contributed by atoms with Crippen LogP contribution in [-0.2, 0) is 23.7 Å². The number of methoxy groups -OCH3 is 3. The fraction of sp³-hybridized carbons (Fsp3) is 0.917. The minimum absolute atomic E-state index is 0.158. The Morgan fingerprint density at radius 3 is 2.26 bits per heavy atom. The van der Waals surface area contributed by atoms with E-state index in [-0.39, 0.29) is 42.9 Å². The van der Waals surface area contributed by atoms with Gasteiger partial charge in [0, 0.05) is 34.8 Å². The molecule has 1 fully saturated rings. The predicted octanol–water partition coefficient (Wildman–Crippen LogP) is -1.11. The summed E-state index contributed by atoms with van der Waals surface area (Å²) < 4.78 is 21.9. The van der Waals surface area contributed by atoms with Crippen LogP contribution in [0.3, 0.4) is 0 Å². The zero-order valence-corrected chi connectivity index (χ0v) is 11.9. The number of carbonyl (C=O) groups is 1. The maximum Gasteiger partial charge on any atom is 0.217 e. The van der Waals surface area contributed by atoms with Crippen molar-refractivity contribution in [3.8, 4) is 0 Å². The largest absolute Gasteiger partial charge is 0.382 e. The van der Waals surface area contributed by atoms with Crippen LogP contribution >= 0.6 is 0 Å². The van der Waals surface area contributed by atoms with Gasteiger partial charge in [-0.3, -0.25) is 4.79 Å². The van der Waals surface area contributed by atoms with Crippen LogP contribution in [0.15, 0.2) is 0 Å². The van der Waals surface area contributed by atoms with Gasteiger partial charge in [-0.1, -0.05) is 0 Å². The van der Waals surface area contributed by atoms with Crippen molar-refractivity contribution in [3.05, 3.63) is 0 Å². The van der Waals surface area contributed by atoms with E-state index in [1.54, 1.807) is 21.3 Å². The summed E-state index contributed by atoms with van der Waals surface area (Å²) in [6.45, 7) is 2.10. The highest BCUT2D eigenvalue weighted by Gasteiger charge is 2.46. The number of rotatable bonds is 6. The van der Waals surface area contributed by atoms with Gasteiger partial charge in [0.2, 0.25) is 5.91 Å². The quantitative estimate of drug-likeness (QED) is 0.639. The maximum absolute atomic E-state index is 11.3. The zero-order valence-electron chi connectivity index (χ0n) is 11.9. The fourth-order valence-electron chi connectivity index (χ4n) is 2.49. The number of nitrogens with one attached hydrogen (secondary N) is 1. The third-order valence-corrected chi connectivity index (χ3v) is 3.27. The van der Waals surface area contributed by atoms with E-state index in [1.165, 1.54) is 6.92 Å². The summed E-state index contributed by atoms with van der Waals surface area (Å²) in [4.78, 5) is 11.3. The molecule has 7 heteroatoms. The Bertz CT molecular complexity index is 289. The van der Waals surface area contributed by atoms with Crippen molar-refractivity contribution >= 4 is 5.91 Å². The van der Waals surface area contributed by atoms with Crippen molar-refractivity contribution in [1.29, 1.82) is 0 Å². The average molecular weight is 276 g/mol. The van der Waals surface area contributed by atoms with E-state index in [0.717, 1.165) is 0 Å². The van der Waals surface area contributed by atoms with Gasteiger partial charge in [0.05, 0.1) is 18.8 Å². The van der Waals surface area contributed by atoms with E-state index in [4.69, 9.17) is 24.7 Å². The monoisotopic (exact) mass is 276 g/mol. The van der Waals surface area contributed by atoms with E-state index in [1.807, 2.05) is 0 Å². The second-order valence-electron chi connectivity index (χ2n) is 4.53. The van der Waals surface area contributed by atoms with Crippen molar-refractivity contribution in [2.75, 3.05) is 34.5 Å². The molecule has 1 aliphatic rings. The molecule has 1 saturated heterocycles.